The molecule has 2 atom stereocenters. The van der Waals surface area contributed by atoms with Crippen molar-refractivity contribution in [2.24, 2.45) is 5.92 Å². The third-order valence-corrected chi connectivity index (χ3v) is 6.57. The summed E-state index contributed by atoms with van der Waals surface area (Å²) in [4.78, 5) is 31.5. The van der Waals surface area contributed by atoms with Crippen molar-refractivity contribution in [2.75, 3.05) is 18.4 Å². The van der Waals surface area contributed by atoms with Gasteiger partial charge in [0.25, 0.3) is 5.91 Å². The highest BCUT2D eigenvalue weighted by molar-refractivity contribution is 7.14. The molecule has 29 heavy (non-hydrogen) atoms. The fraction of sp³-hybridized carbons (Fsp3) is 0.450. The van der Waals surface area contributed by atoms with E-state index in [4.69, 9.17) is 23.2 Å². The van der Waals surface area contributed by atoms with Gasteiger partial charge in [0, 0.05) is 24.5 Å². The first-order valence-electron chi connectivity index (χ1n) is 9.65. The Balaban J connectivity index is 1.64. The Hall–Kier alpha value is -1.83. The van der Waals surface area contributed by atoms with Crippen LogP contribution in [-0.2, 0) is 4.79 Å². The molecule has 1 saturated heterocycles. The van der Waals surface area contributed by atoms with Gasteiger partial charge in [-0.15, -0.1) is 11.3 Å². The Labute approximate surface area is 184 Å². The van der Waals surface area contributed by atoms with Gasteiger partial charge in [0.2, 0.25) is 5.91 Å². The van der Waals surface area contributed by atoms with Gasteiger partial charge in [-0.2, -0.15) is 0 Å². The molecule has 2 N–H and O–H groups in total. The van der Waals surface area contributed by atoms with Crippen molar-refractivity contribution in [1.82, 2.24) is 15.2 Å². The number of nitrogens with zero attached hydrogens (tertiary/aromatic N) is 2. The van der Waals surface area contributed by atoms with E-state index < -0.39 is 0 Å². The lowest BCUT2D eigenvalue weighted by Crippen LogP contribution is -2.47. The van der Waals surface area contributed by atoms with Crippen molar-refractivity contribution < 1.29 is 9.59 Å². The smallest absolute Gasteiger partial charge is 0.273 e. The van der Waals surface area contributed by atoms with Crippen LogP contribution in [0.25, 0.3) is 0 Å². The van der Waals surface area contributed by atoms with Crippen LogP contribution in [0.2, 0.25) is 10.0 Å². The number of benzene rings is 1. The minimum atomic E-state index is -0.178. The molecule has 0 saturated carbocycles. The number of carbonyl (C=O) groups is 2. The number of amides is 2. The quantitative estimate of drug-likeness (QED) is 0.646. The number of piperidine rings is 1. The first-order valence-corrected chi connectivity index (χ1v) is 11.3. The number of hydrogen-bond acceptors (Lipinski definition) is 5. The Morgan fingerprint density at radius 3 is 2.93 bits per heavy atom. The molecule has 2 unspecified atom stereocenters. The van der Waals surface area contributed by atoms with Crippen LogP contribution in [0.1, 0.15) is 43.6 Å². The maximum atomic E-state index is 12.9. The molecule has 156 valence electrons. The topological polar surface area (TPSA) is 74.3 Å². The van der Waals surface area contributed by atoms with E-state index in [2.05, 4.69) is 15.6 Å². The molecule has 1 aromatic carbocycles. The van der Waals surface area contributed by atoms with Crippen molar-refractivity contribution in [1.29, 1.82) is 0 Å². The lowest BCUT2D eigenvalue weighted by molar-refractivity contribution is -0.126. The third kappa shape index (κ3) is 5.41. The van der Waals surface area contributed by atoms with Gasteiger partial charge in [0.05, 0.1) is 21.7 Å². The predicted molar refractivity (Wildman–Crippen MR) is 118 cm³/mol. The summed E-state index contributed by atoms with van der Waals surface area (Å²) < 4.78 is 0. The van der Waals surface area contributed by atoms with E-state index >= 15 is 0 Å². The molecule has 6 nitrogen and oxygen atoms in total. The van der Waals surface area contributed by atoms with Gasteiger partial charge in [-0.1, -0.05) is 36.2 Å². The summed E-state index contributed by atoms with van der Waals surface area (Å²) in [5, 5.41) is 9.24. The van der Waals surface area contributed by atoms with Crippen LogP contribution in [0, 0.1) is 5.92 Å². The number of likely N-dealkylation sites (tertiary alicyclic amines) is 1. The highest BCUT2D eigenvalue weighted by Gasteiger charge is 2.30. The van der Waals surface area contributed by atoms with E-state index in [-0.39, 0.29) is 23.8 Å². The van der Waals surface area contributed by atoms with Gasteiger partial charge < -0.3 is 15.5 Å². The highest BCUT2D eigenvalue weighted by atomic mass is 35.5. The number of aromatic nitrogens is 1. The molecular weight excluding hydrogens is 431 g/mol. The second kappa shape index (κ2) is 9.78. The normalized spacial score (nSPS) is 17.7. The number of rotatable bonds is 6. The number of nitrogens with one attached hydrogen (secondary N) is 2. The zero-order valence-electron chi connectivity index (χ0n) is 16.4. The largest absolute Gasteiger partial charge is 0.353 e. The van der Waals surface area contributed by atoms with Crippen molar-refractivity contribution in [3.8, 4) is 0 Å². The lowest BCUT2D eigenvalue weighted by Gasteiger charge is -2.32. The van der Waals surface area contributed by atoms with Gasteiger partial charge >= 0.3 is 0 Å². The number of carbonyl (C=O) groups excluding carboxylic acids is 2. The zero-order chi connectivity index (χ0) is 21.0. The summed E-state index contributed by atoms with van der Waals surface area (Å²) in [7, 11) is 0. The van der Waals surface area contributed by atoms with E-state index in [0.717, 1.165) is 19.3 Å². The minimum absolute atomic E-state index is 0.0214. The van der Waals surface area contributed by atoms with Gasteiger partial charge in [0.15, 0.2) is 5.13 Å². The van der Waals surface area contributed by atoms with Crippen molar-refractivity contribution >= 4 is 57.2 Å². The SMILES string of the molecule is CCC(C)NC(=O)C1CCCN(C(=O)c2csc(Nc3cccc(Cl)c3Cl)n2)C1. The Morgan fingerprint density at radius 1 is 1.38 bits per heavy atom. The molecule has 0 spiro atoms. The summed E-state index contributed by atoms with van der Waals surface area (Å²) in [6.07, 6.45) is 2.48. The zero-order valence-corrected chi connectivity index (χ0v) is 18.7. The Bertz CT molecular complexity index is 889. The van der Waals surface area contributed by atoms with Crippen molar-refractivity contribution in [2.45, 2.75) is 39.2 Å². The first kappa shape index (κ1) is 21.9. The molecule has 3 rings (SSSR count). The molecule has 1 aliphatic heterocycles. The van der Waals surface area contributed by atoms with Crippen LogP contribution in [0.5, 0.6) is 0 Å². The fourth-order valence-electron chi connectivity index (χ4n) is 3.15. The Kier molecular flexibility index (Phi) is 7.38. The average Bonchev–Trinajstić information content (AvgIpc) is 3.19. The van der Waals surface area contributed by atoms with Gasteiger partial charge in [-0.25, -0.2) is 4.98 Å². The standard InChI is InChI=1S/C20H24Cl2N4O2S/c1-3-12(2)23-18(27)13-6-5-9-26(10-13)19(28)16-11-29-20(25-16)24-15-8-4-7-14(21)17(15)22/h4,7-8,11-13H,3,5-6,9-10H2,1-2H3,(H,23,27)(H,24,25). The molecule has 0 aliphatic carbocycles. The number of anilines is 2. The first-order chi connectivity index (χ1) is 13.9. The van der Waals surface area contributed by atoms with E-state index in [9.17, 15) is 9.59 Å². The minimum Gasteiger partial charge on any atom is -0.353 e. The molecule has 2 heterocycles. The third-order valence-electron chi connectivity index (χ3n) is 5.00. The second-order valence-corrected chi connectivity index (χ2v) is 8.82. The lowest BCUT2D eigenvalue weighted by atomic mass is 9.96. The average molecular weight is 455 g/mol. The predicted octanol–water partition coefficient (Wildman–Crippen LogP) is 4.96. The maximum Gasteiger partial charge on any atom is 0.273 e. The van der Waals surface area contributed by atoms with Crippen LogP contribution in [0.3, 0.4) is 0 Å². The number of hydrogen-bond donors (Lipinski definition) is 2. The molecule has 0 radical (unpaired) electrons. The van der Waals surface area contributed by atoms with Crippen LogP contribution >= 0.6 is 34.5 Å². The van der Waals surface area contributed by atoms with Gasteiger partial charge in [-0.3, -0.25) is 9.59 Å². The molecule has 1 aliphatic rings. The fourth-order valence-corrected chi connectivity index (χ4v) is 4.19. The van der Waals surface area contributed by atoms with Crippen LogP contribution in [0.15, 0.2) is 23.6 Å². The van der Waals surface area contributed by atoms with Crippen LogP contribution < -0.4 is 10.6 Å². The summed E-state index contributed by atoms with van der Waals surface area (Å²) >= 11 is 13.5. The van der Waals surface area contributed by atoms with Gasteiger partial charge in [-0.05, 0) is 38.3 Å². The molecule has 1 aromatic heterocycles. The second-order valence-electron chi connectivity index (χ2n) is 7.17. The van der Waals surface area contributed by atoms with E-state index in [0.29, 0.717) is 39.6 Å². The van der Waals surface area contributed by atoms with E-state index in [1.807, 2.05) is 13.8 Å². The maximum absolute atomic E-state index is 12.9. The molecule has 1 fully saturated rings. The molecule has 9 heteroatoms. The molecule has 2 aromatic rings. The monoisotopic (exact) mass is 454 g/mol. The van der Waals surface area contributed by atoms with Crippen LogP contribution in [-0.4, -0.2) is 40.8 Å². The summed E-state index contributed by atoms with van der Waals surface area (Å²) in [6, 6.07) is 5.42. The van der Waals surface area contributed by atoms with E-state index in [1.165, 1.54) is 11.3 Å². The highest BCUT2D eigenvalue weighted by Crippen LogP contribution is 2.32. The molecular formula is C20H24Cl2N4O2S. The summed E-state index contributed by atoms with van der Waals surface area (Å²) in [5.74, 6) is -0.316. The summed E-state index contributed by atoms with van der Waals surface area (Å²) in [6.45, 7) is 5.07. The van der Waals surface area contributed by atoms with E-state index in [1.54, 1.807) is 28.5 Å². The summed E-state index contributed by atoms with van der Waals surface area (Å²) in [5.41, 5.74) is 0.992. The van der Waals surface area contributed by atoms with Crippen molar-refractivity contribution in [3.63, 3.8) is 0 Å². The molecule has 0 bridgehead atoms. The van der Waals surface area contributed by atoms with Gasteiger partial charge in [0.1, 0.15) is 5.69 Å². The molecule has 2 amide bonds. The van der Waals surface area contributed by atoms with Crippen molar-refractivity contribution in [3.05, 3.63) is 39.3 Å². The van der Waals surface area contributed by atoms with Crippen LogP contribution in [0.4, 0.5) is 10.8 Å². The number of thiazole rings is 1. The Morgan fingerprint density at radius 2 is 2.17 bits per heavy atom. The number of halogens is 2.